The van der Waals surface area contributed by atoms with Gasteiger partial charge in [-0.25, -0.2) is 0 Å². The lowest BCUT2D eigenvalue weighted by Crippen LogP contribution is -2.54. The van der Waals surface area contributed by atoms with Crippen molar-refractivity contribution in [2.75, 3.05) is 18.9 Å². The Bertz CT molecular complexity index is 1310. The Labute approximate surface area is 216 Å². The van der Waals surface area contributed by atoms with Crippen LogP contribution in [0.3, 0.4) is 0 Å². The van der Waals surface area contributed by atoms with Crippen LogP contribution in [0.25, 0.3) is 0 Å². The maximum atomic E-state index is 13.2. The topological polar surface area (TPSA) is 84.7 Å². The minimum atomic E-state index is -1.44. The van der Waals surface area contributed by atoms with E-state index in [1.807, 2.05) is 12.1 Å². The van der Waals surface area contributed by atoms with Crippen LogP contribution in [0.2, 0.25) is 15.1 Å². The normalized spacial score (nSPS) is 23.4. The quantitative estimate of drug-likeness (QED) is 0.334. The van der Waals surface area contributed by atoms with E-state index in [9.17, 15) is 14.9 Å². The second-order valence-electron chi connectivity index (χ2n) is 8.71. The lowest BCUT2D eigenvalue weighted by atomic mass is 9.79. The number of hydrogen-bond donors (Lipinski definition) is 1. The standard InChI is InChI=1S/C25H20Cl3N3O4/c1-30-12-17(23(31(33)34)25(30)18-4-2-3-5-21(18)29-24(25)32)15-10-19(27)22(20(28)11-15)35-13-14-6-8-16(26)9-7-14/h2-11,17,23H,12-13H2,1H3,(H,29,32)/t17-,23+,25+/m1/s1. The molecule has 1 fully saturated rings. The first kappa shape index (κ1) is 23.9. The molecule has 0 saturated carbocycles. The average Bonchev–Trinajstić information content (AvgIpc) is 3.29. The summed E-state index contributed by atoms with van der Waals surface area (Å²) in [6.45, 7) is 0.491. The van der Waals surface area contributed by atoms with Crippen LogP contribution in [-0.2, 0) is 16.9 Å². The predicted molar refractivity (Wildman–Crippen MR) is 135 cm³/mol. The van der Waals surface area contributed by atoms with Gasteiger partial charge in [-0.3, -0.25) is 19.8 Å². The molecule has 3 atom stereocenters. The molecule has 2 aliphatic heterocycles. The van der Waals surface area contributed by atoms with Gasteiger partial charge in [-0.1, -0.05) is 65.1 Å². The average molecular weight is 533 g/mol. The third-order valence-corrected chi connectivity index (χ3v) is 7.60. The maximum Gasteiger partial charge on any atom is 0.256 e. The minimum Gasteiger partial charge on any atom is -0.486 e. The number of nitrogens with zero attached hydrogens (tertiary/aromatic N) is 2. The number of para-hydroxylation sites is 1. The number of carbonyl (C=O) groups excluding carboxylic acids is 1. The molecular weight excluding hydrogens is 513 g/mol. The smallest absolute Gasteiger partial charge is 0.256 e. The highest BCUT2D eigenvalue weighted by Crippen LogP contribution is 2.52. The van der Waals surface area contributed by atoms with E-state index in [-0.39, 0.29) is 33.9 Å². The molecule has 0 radical (unpaired) electrons. The highest BCUT2D eigenvalue weighted by atomic mass is 35.5. The molecule has 1 amide bonds. The number of benzene rings is 3. The third-order valence-electron chi connectivity index (χ3n) is 6.79. The summed E-state index contributed by atoms with van der Waals surface area (Å²) in [5.74, 6) is -0.757. The summed E-state index contributed by atoms with van der Waals surface area (Å²) in [6, 6.07) is 16.3. The van der Waals surface area contributed by atoms with E-state index in [2.05, 4.69) is 5.32 Å². The van der Waals surface area contributed by atoms with Gasteiger partial charge in [0.25, 0.3) is 11.9 Å². The molecule has 1 saturated heterocycles. The Morgan fingerprint density at radius 1 is 1.11 bits per heavy atom. The molecule has 180 valence electrons. The van der Waals surface area contributed by atoms with Gasteiger partial charge in [-0.05, 0) is 48.5 Å². The van der Waals surface area contributed by atoms with Crippen LogP contribution in [0.15, 0.2) is 60.7 Å². The van der Waals surface area contributed by atoms with E-state index in [0.29, 0.717) is 21.8 Å². The highest BCUT2D eigenvalue weighted by molar-refractivity contribution is 6.37. The van der Waals surface area contributed by atoms with Crippen LogP contribution in [0.5, 0.6) is 5.75 Å². The second-order valence-corrected chi connectivity index (χ2v) is 9.96. The first-order valence-electron chi connectivity index (χ1n) is 10.9. The number of likely N-dealkylation sites (N-methyl/N-ethyl adjacent to an activating group) is 1. The summed E-state index contributed by atoms with van der Waals surface area (Å²) < 4.78 is 5.85. The predicted octanol–water partition coefficient (Wildman–Crippen LogP) is 5.75. The van der Waals surface area contributed by atoms with E-state index in [1.165, 1.54) is 0 Å². The summed E-state index contributed by atoms with van der Waals surface area (Å²) in [6.07, 6.45) is 0. The SMILES string of the molecule is CN1C[C@H](c2cc(Cl)c(OCc3ccc(Cl)cc3)c(Cl)c2)[C@H]([N+](=O)[O-])[C@@]12C(=O)Nc1ccccc12. The Kier molecular flexibility index (Phi) is 6.13. The van der Waals surface area contributed by atoms with Crippen molar-refractivity contribution in [2.45, 2.75) is 24.1 Å². The second kappa shape index (κ2) is 8.99. The zero-order chi connectivity index (χ0) is 24.9. The number of nitrogens with one attached hydrogen (secondary N) is 1. The number of fused-ring (bicyclic) bond motifs is 2. The number of anilines is 1. The molecule has 2 heterocycles. The third kappa shape index (κ3) is 3.83. The van der Waals surface area contributed by atoms with Gasteiger partial charge in [-0.2, -0.15) is 0 Å². The van der Waals surface area contributed by atoms with Crippen LogP contribution in [-0.4, -0.2) is 35.4 Å². The Hall–Kier alpha value is -2.84. The zero-order valence-electron chi connectivity index (χ0n) is 18.5. The highest BCUT2D eigenvalue weighted by Gasteiger charge is 2.68. The minimum absolute atomic E-state index is 0.222. The maximum absolute atomic E-state index is 13.2. The van der Waals surface area contributed by atoms with Crippen LogP contribution in [0.4, 0.5) is 5.69 Å². The zero-order valence-corrected chi connectivity index (χ0v) is 20.8. The van der Waals surface area contributed by atoms with E-state index in [1.54, 1.807) is 60.5 Å². The molecule has 5 rings (SSSR count). The van der Waals surface area contributed by atoms with Gasteiger partial charge in [0.1, 0.15) is 6.61 Å². The molecular formula is C25H20Cl3N3O4. The Balaban J connectivity index is 1.50. The van der Waals surface area contributed by atoms with Crippen molar-refractivity contribution in [3.05, 3.63) is 103 Å². The van der Waals surface area contributed by atoms with Crippen LogP contribution >= 0.6 is 34.8 Å². The summed E-state index contributed by atoms with van der Waals surface area (Å²) in [5.41, 5.74) is 1.19. The molecule has 7 nitrogen and oxygen atoms in total. The van der Waals surface area contributed by atoms with Crippen molar-refractivity contribution in [3.8, 4) is 5.75 Å². The molecule has 1 N–H and O–H groups in total. The molecule has 35 heavy (non-hydrogen) atoms. The molecule has 3 aromatic carbocycles. The number of halogens is 3. The van der Waals surface area contributed by atoms with E-state index < -0.39 is 23.4 Å². The number of carbonyl (C=O) groups is 1. The number of hydrogen-bond acceptors (Lipinski definition) is 5. The van der Waals surface area contributed by atoms with Gasteiger partial charge in [-0.15, -0.1) is 0 Å². The summed E-state index contributed by atoms with van der Waals surface area (Å²) >= 11 is 19.0. The molecule has 3 aromatic rings. The molecule has 0 bridgehead atoms. The van der Waals surface area contributed by atoms with Gasteiger partial charge >= 0.3 is 0 Å². The van der Waals surface area contributed by atoms with Gasteiger partial charge in [0.15, 0.2) is 11.3 Å². The summed E-state index contributed by atoms with van der Waals surface area (Å²) in [5, 5.41) is 16.4. The lowest BCUT2D eigenvalue weighted by Gasteiger charge is -2.30. The lowest BCUT2D eigenvalue weighted by molar-refractivity contribution is -0.534. The van der Waals surface area contributed by atoms with Crippen LogP contribution in [0, 0.1) is 10.1 Å². The van der Waals surface area contributed by atoms with Gasteiger partial charge in [0, 0.05) is 27.7 Å². The van der Waals surface area contributed by atoms with E-state index in [4.69, 9.17) is 39.5 Å². The van der Waals surface area contributed by atoms with E-state index in [0.717, 1.165) is 5.56 Å². The first-order chi connectivity index (χ1) is 16.7. The Morgan fingerprint density at radius 2 is 1.77 bits per heavy atom. The molecule has 0 aliphatic carbocycles. The van der Waals surface area contributed by atoms with Gasteiger partial charge in [0.2, 0.25) is 0 Å². The van der Waals surface area contributed by atoms with Crippen molar-refractivity contribution in [3.63, 3.8) is 0 Å². The number of rotatable bonds is 5. The van der Waals surface area contributed by atoms with Crippen molar-refractivity contribution in [2.24, 2.45) is 0 Å². The number of nitro groups is 1. The van der Waals surface area contributed by atoms with Crippen LogP contribution in [0.1, 0.15) is 22.6 Å². The number of ether oxygens (including phenoxy) is 1. The summed E-state index contributed by atoms with van der Waals surface area (Å²) in [4.78, 5) is 27.1. The largest absolute Gasteiger partial charge is 0.486 e. The molecule has 10 heteroatoms. The molecule has 0 aromatic heterocycles. The molecule has 2 aliphatic rings. The Morgan fingerprint density at radius 3 is 2.43 bits per heavy atom. The fourth-order valence-electron chi connectivity index (χ4n) is 5.25. The van der Waals surface area contributed by atoms with Crippen molar-refractivity contribution >= 4 is 46.4 Å². The fourth-order valence-corrected chi connectivity index (χ4v) is 5.99. The number of likely N-dealkylation sites (tertiary alicyclic amines) is 1. The first-order valence-corrected chi connectivity index (χ1v) is 12.0. The fraction of sp³-hybridized carbons (Fsp3) is 0.240. The van der Waals surface area contributed by atoms with Gasteiger partial charge in [0.05, 0.1) is 16.0 Å². The van der Waals surface area contributed by atoms with Gasteiger partial charge < -0.3 is 10.1 Å². The monoisotopic (exact) mass is 531 g/mol. The van der Waals surface area contributed by atoms with Crippen molar-refractivity contribution < 1.29 is 14.5 Å². The summed E-state index contributed by atoms with van der Waals surface area (Å²) in [7, 11) is 1.73. The van der Waals surface area contributed by atoms with Crippen LogP contribution < -0.4 is 10.1 Å². The van der Waals surface area contributed by atoms with Crippen molar-refractivity contribution in [1.29, 1.82) is 0 Å². The van der Waals surface area contributed by atoms with E-state index >= 15 is 0 Å². The molecule has 1 spiro atoms. The van der Waals surface area contributed by atoms with Crippen molar-refractivity contribution in [1.82, 2.24) is 4.90 Å². The number of amides is 1. The molecule has 0 unspecified atom stereocenters.